The molecular formula is C20H29N3O2. The van der Waals surface area contributed by atoms with Gasteiger partial charge in [0.05, 0.1) is 6.20 Å². The third-order valence-electron chi connectivity index (χ3n) is 6.03. The smallest absolute Gasteiger partial charge is 0.276 e. The lowest BCUT2D eigenvalue weighted by Gasteiger charge is -2.22. The topological polar surface area (TPSA) is 48.5 Å². The number of fused-ring (bicyclic) bond motifs is 1. The van der Waals surface area contributed by atoms with Gasteiger partial charge in [-0.1, -0.05) is 25.7 Å². The molecule has 1 saturated heterocycles. The lowest BCUT2D eigenvalue weighted by Crippen LogP contribution is -2.28. The molecule has 1 aliphatic carbocycles. The summed E-state index contributed by atoms with van der Waals surface area (Å²) in [5.41, 5.74) is 1.89. The molecule has 3 heterocycles. The van der Waals surface area contributed by atoms with Crippen molar-refractivity contribution in [2.75, 3.05) is 13.2 Å². The van der Waals surface area contributed by atoms with E-state index in [0.29, 0.717) is 11.8 Å². The van der Waals surface area contributed by atoms with E-state index in [1.165, 1.54) is 38.5 Å². The lowest BCUT2D eigenvalue weighted by molar-refractivity contribution is 0.0835. The van der Waals surface area contributed by atoms with Crippen molar-refractivity contribution in [3.05, 3.63) is 34.3 Å². The number of imidazole rings is 1. The molecule has 25 heavy (non-hydrogen) atoms. The molecule has 0 N–H and O–H groups in total. The summed E-state index contributed by atoms with van der Waals surface area (Å²) >= 11 is 0. The standard InChI is InChI=1S/C20H29N3O2/c1-15-13-23-18(12-21-19(23)17-8-10-25-11-9-17)20(24)22(15)14-16-6-4-2-3-5-7-16/h12-13,16-17H,2-11,14H2,1H3. The fourth-order valence-electron chi connectivity index (χ4n) is 4.51. The van der Waals surface area contributed by atoms with Gasteiger partial charge in [-0.05, 0) is 38.5 Å². The number of rotatable bonds is 3. The Morgan fingerprint density at radius 3 is 2.56 bits per heavy atom. The van der Waals surface area contributed by atoms with E-state index in [2.05, 4.69) is 18.1 Å². The predicted octanol–water partition coefficient (Wildman–Crippen LogP) is 3.67. The van der Waals surface area contributed by atoms with Gasteiger partial charge in [-0.3, -0.25) is 9.20 Å². The summed E-state index contributed by atoms with van der Waals surface area (Å²) in [5, 5.41) is 0. The molecule has 4 rings (SSSR count). The number of hydrogen-bond acceptors (Lipinski definition) is 3. The first-order valence-electron chi connectivity index (χ1n) is 9.89. The highest BCUT2D eigenvalue weighted by atomic mass is 16.5. The van der Waals surface area contributed by atoms with Gasteiger partial charge in [0, 0.05) is 37.6 Å². The van der Waals surface area contributed by atoms with Crippen LogP contribution in [0.3, 0.4) is 0 Å². The second-order valence-corrected chi connectivity index (χ2v) is 7.80. The molecule has 1 aliphatic heterocycles. The van der Waals surface area contributed by atoms with E-state index >= 15 is 0 Å². The molecule has 136 valence electrons. The van der Waals surface area contributed by atoms with Gasteiger partial charge in [-0.25, -0.2) is 4.98 Å². The number of aromatic nitrogens is 3. The van der Waals surface area contributed by atoms with Crippen LogP contribution in [0.25, 0.3) is 5.52 Å². The maximum Gasteiger partial charge on any atom is 0.276 e. The maximum atomic E-state index is 13.1. The van der Waals surface area contributed by atoms with Gasteiger partial charge in [0.25, 0.3) is 5.56 Å². The van der Waals surface area contributed by atoms with Crippen molar-refractivity contribution in [3.8, 4) is 0 Å². The van der Waals surface area contributed by atoms with E-state index in [9.17, 15) is 4.79 Å². The zero-order chi connectivity index (χ0) is 17.2. The van der Waals surface area contributed by atoms with Crippen molar-refractivity contribution < 1.29 is 4.74 Å². The highest BCUT2D eigenvalue weighted by Crippen LogP contribution is 2.27. The molecular weight excluding hydrogens is 314 g/mol. The molecule has 2 aromatic rings. The van der Waals surface area contributed by atoms with Crippen molar-refractivity contribution in [2.24, 2.45) is 5.92 Å². The maximum absolute atomic E-state index is 13.1. The lowest BCUT2D eigenvalue weighted by atomic mass is 9.99. The summed E-state index contributed by atoms with van der Waals surface area (Å²) in [5.74, 6) is 2.06. The average Bonchev–Trinajstić information content (AvgIpc) is 2.87. The summed E-state index contributed by atoms with van der Waals surface area (Å²) in [6.45, 7) is 4.50. The van der Waals surface area contributed by atoms with Crippen molar-refractivity contribution in [1.29, 1.82) is 0 Å². The summed E-state index contributed by atoms with van der Waals surface area (Å²) < 4.78 is 9.49. The van der Waals surface area contributed by atoms with Gasteiger partial charge >= 0.3 is 0 Å². The Morgan fingerprint density at radius 1 is 1.12 bits per heavy atom. The Balaban J connectivity index is 1.66. The highest BCUT2D eigenvalue weighted by Gasteiger charge is 2.22. The second kappa shape index (κ2) is 7.32. The SMILES string of the molecule is Cc1cn2c(C3CCOCC3)ncc2c(=O)n1CC1CCCCCC1. The van der Waals surface area contributed by atoms with Crippen LogP contribution in [-0.4, -0.2) is 27.2 Å². The molecule has 2 fully saturated rings. The quantitative estimate of drug-likeness (QED) is 0.799. The minimum absolute atomic E-state index is 0.120. The van der Waals surface area contributed by atoms with Crippen LogP contribution in [0.5, 0.6) is 0 Å². The first-order chi connectivity index (χ1) is 12.2. The van der Waals surface area contributed by atoms with Crippen molar-refractivity contribution in [3.63, 3.8) is 0 Å². The molecule has 5 heteroatoms. The van der Waals surface area contributed by atoms with E-state index in [1.54, 1.807) is 6.20 Å². The molecule has 0 aromatic carbocycles. The third-order valence-corrected chi connectivity index (χ3v) is 6.03. The Hall–Kier alpha value is -1.62. The molecule has 0 spiro atoms. The van der Waals surface area contributed by atoms with Crippen molar-refractivity contribution in [1.82, 2.24) is 14.0 Å². The summed E-state index contributed by atoms with van der Waals surface area (Å²) in [7, 11) is 0. The van der Waals surface area contributed by atoms with Gasteiger partial charge in [-0.15, -0.1) is 0 Å². The molecule has 2 aromatic heterocycles. The van der Waals surface area contributed by atoms with Crippen LogP contribution in [0.15, 0.2) is 17.2 Å². The Kier molecular flexibility index (Phi) is 4.93. The summed E-state index contributed by atoms with van der Waals surface area (Å²) in [4.78, 5) is 17.7. The van der Waals surface area contributed by atoms with Crippen LogP contribution >= 0.6 is 0 Å². The molecule has 0 atom stereocenters. The predicted molar refractivity (Wildman–Crippen MR) is 98.2 cm³/mol. The van der Waals surface area contributed by atoms with E-state index in [1.807, 2.05) is 8.97 Å². The van der Waals surface area contributed by atoms with Crippen molar-refractivity contribution >= 4 is 5.52 Å². The minimum Gasteiger partial charge on any atom is -0.381 e. The van der Waals surface area contributed by atoms with E-state index < -0.39 is 0 Å². The molecule has 1 saturated carbocycles. The van der Waals surface area contributed by atoms with Gasteiger partial charge in [0.15, 0.2) is 0 Å². The van der Waals surface area contributed by atoms with Gasteiger partial charge in [-0.2, -0.15) is 0 Å². The van der Waals surface area contributed by atoms with Gasteiger partial charge in [0.1, 0.15) is 11.3 Å². The molecule has 0 unspecified atom stereocenters. The van der Waals surface area contributed by atoms with Crippen LogP contribution < -0.4 is 5.56 Å². The first-order valence-corrected chi connectivity index (χ1v) is 9.89. The fraction of sp³-hybridized carbons (Fsp3) is 0.700. The summed E-state index contributed by atoms with van der Waals surface area (Å²) in [6.07, 6.45) is 13.7. The van der Waals surface area contributed by atoms with Crippen LogP contribution in [0, 0.1) is 12.8 Å². The highest BCUT2D eigenvalue weighted by molar-refractivity contribution is 5.45. The summed E-state index contributed by atoms with van der Waals surface area (Å²) in [6, 6.07) is 0. The third kappa shape index (κ3) is 3.39. The molecule has 5 nitrogen and oxygen atoms in total. The monoisotopic (exact) mass is 343 g/mol. The number of hydrogen-bond donors (Lipinski definition) is 0. The van der Waals surface area contributed by atoms with E-state index in [-0.39, 0.29) is 5.56 Å². The normalized spacial score (nSPS) is 20.8. The molecule has 2 aliphatic rings. The van der Waals surface area contributed by atoms with Crippen LogP contribution in [0.1, 0.15) is 68.8 Å². The Labute approximate surface area is 149 Å². The average molecular weight is 343 g/mol. The first kappa shape index (κ1) is 16.8. The van der Waals surface area contributed by atoms with Crippen LogP contribution in [0.2, 0.25) is 0 Å². The molecule has 0 amide bonds. The van der Waals surface area contributed by atoms with Crippen molar-refractivity contribution in [2.45, 2.75) is 70.8 Å². The Morgan fingerprint density at radius 2 is 1.84 bits per heavy atom. The largest absolute Gasteiger partial charge is 0.381 e. The molecule has 0 radical (unpaired) electrons. The number of ether oxygens (including phenoxy) is 1. The number of nitrogens with zero attached hydrogens (tertiary/aromatic N) is 3. The molecule has 0 bridgehead atoms. The van der Waals surface area contributed by atoms with Crippen LogP contribution in [-0.2, 0) is 11.3 Å². The second-order valence-electron chi connectivity index (χ2n) is 7.80. The van der Waals surface area contributed by atoms with E-state index in [4.69, 9.17) is 4.74 Å². The fourth-order valence-corrected chi connectivity index (χ4v) is 4.51. The minimum atomic E-state index is 0.120. The zero-order valence-electron chi connectivity index (χ0n) is 15.2. The van der Waals surface area contributed by atoms with E-state index in [0.717, 1.165) is 49.6 Å². The zero-order valence-corrected chi connectivity index (χ0v) is 15.2. The van der Waals surface area contributed by atoms with Crippen LogP contribution in [0.4, 0.5) is 0 Å². The van der Waals surface area contributed by atoms with Gasteiger partial charge in [0.2, 0.25) is 0 Å². The van der Waals surface area contributed by atoms with Gasteiger partial charge < -0.3 is 9.30 Å². The Bertz CT molecular complexity index is 778. The number of aryl methyl sites for hydroxylation is 1.